The van der Waals surface area contributed by atoms with Crippen LogP contribution in [-0.2, 0) is 22.5 Å². The number of ketones is 2. The third-order valence-electron chi connectivity index (χ3n) is 19.1. The van der Waals surface area contributed by atoms with E-state index < -0.39 is 17.9 Å². The van der Waals surface area contributed by atoms with Gasteiger partial charge in [0.2, 0.25) is 0 Å². The summed E-state index contributed by atoms with van der Waals surface area (Å²) in [7, 11) is 1.52. The fourth-order valence-electron chi connectivity index (χ4n) is 13.9. The molecule has 15 nitrogen and oxygen atoms in total. The summed E-state index contributed by atoms with van der Waals surface area (Å²) in [4.78, 5) is 82.8. The molecule has 0 spiro atoms. The third kappa shape index (κ3) is 16.0. The molecule has 534 valence electrons. The Kier molecular flexibility index (Phi) is 24.0. The number of methoxy groups -OCH3 is 1. The molecule has 15 rings (SSSR count). The van der Waals surface area contributed by atoms with Crippen molar-refractivity contribution in [3.8, 4) is 73.9 Å². The molecular weight excluding hydrogens is 1360 g/mol. The summed E-state index contributed by atoms with van der Waals surface area (Å²) in [6, 6.07) is 78.9. The Morgan fingerprint density at radius 2 is 0.734 bits per heavy atom. The molecule has 15 heteroatoms. The number of aryl methyl sites for hydroxylation is 1. The number of unbranched alkanes of at least 4 members (excludes halogenated alkanes) is 6. The number of para-hydroxylation sites is 2. The maximum absolute atomic E-state index is 13.2. The van der Waals surface area contributed by atoms with Crippen molar-refractivity contribution in [2.24, 2.45) is 0 Å². The fraction of sp³-hybridized carbons (Fsp3) is 0.149. The molecule has 0 saturated heterocycles. The molecule has 0 N–H and O–H groups in total. The number of carbonyl (C=O) groups excluding carboxylic acids is 6. The molecule has 0 atom stereocenters. The molecule has 0 bridgehead atoms. The van der Waals surface area contributed by atoms with Gasteiger partial charge in [-0.25, -0.2) is 39.4 Å². The zero-order valence-electron chi connectivity index (χ0n) is 60.2. The SMILES string of the molecule is CCCCOC(=O)c1cccc2c1-c1ccccc1C2=O.COc1ccccc1OC(=O)c1cccc2c1-c1ccccc1C2=O.[C-]#[N+]/C(C#N)=C1\c2ccccc2-c2c(C(=O)OCc3ccccc3)cccc21.[C-]#[N+]/C(C#N)=C1\c2ccccc2-c2c(C(=O)Oc3ccc(CCCCCCCC)cc3)cccc21. The lowest BCUT2D eigenvalue weighted by atomic mass is 9.98. The van der Waals surface area contributed by atoms with E-state index in [1.807, 2.05) is 171 Å². The molecule has 0 unspecified atom stereocenters. The smallest absolute Gasteiger partial charge is 0.344 e. The van der Waals surface area contributed by atoms with Gasteiger partial charge < -0.3 is 23.7 Å². The van der Waals surface area contributed by atoms with Crippen LogP contribution in [0.3, 0.4) is 0 Å². The van der Waals surface area contributed by atoms with E-state index in [9.17, 15) is 39.3 Å². The molecule has 11 aromatic rings. The van der Waals surface area contributed by atoms with E-state index in [0.29, 0.717) is 113 Å². The Balaban J connectivity index is 0.000000138. The summed E-state index contributed by atoms with van der Waals surface area (Å²) < 4.78 is 27.3. The first-order valence-electron chi connectivity index (χ1n) is 35.9. The van der Waals surface area contributed by atoms with Crippen LogP contribution in [0, 0.1) is 35.8 Å². The summed E-state index contributed by atoms with van der Waals surface area (Å²) in [5.74, 6) is -0.552. The first-order chi connectivity index (χ1) is 53.4. The number of hydrogen-bond acceptors (Lipinski definition) is 13. The van der Waals surface area contributed by atoms with Crippen molar-refractivity contribution >= 4 is 46.6 Å². The van der Waals surface area contributed by atoms with Gasteiger partial charge in [0.25, 0.3) is 11.4 Å². The number of fused-ring (bicyclic) bond motifs is 12. The molecule has 0 aliphatic heterocycles. The van der Waals surface area contributed by atoms with Crippen LogP contribution in [0.15, 0.2) is 260 Å². The largest absolute Gasteiger partial charge is 0.493 e. The Morgan fingerprint density at radius 1 is 0.358 bits per heavy atom. The van der Waals surface area contributed by atoms with Gasteiger partial charge >= 0.3 is 23.9 Å². The van der Waals surface area contributed by atoms with Crippen molar-refractivity contribution in [1.29, 1.82) is 10.5 Å². The number of rotatable bonds is 19. The van der Waals surface area contributed by atoms with Crippen LogP contribution in [0.1, 0.15) is 172 Å². The summed E-state index contributed by atoms with van der Waals surface area (Å²) in [6.07, 6.45) is 10.4. The number of allylic oxidation sites excluding steroid dienone is 2. The Labute approximate surface area is 632 Å². The van der Waals surface area contributed by atoms with Crippen molar-refractivity contribution < 1.29 is 52.5 Å². The fourth-order valence-corrected chi connectivity index (χ4v) is 13.9. The molecule has 4 aliphatic rings. The second-order valence-corrected chi connectivity index (χ2v) is 25.8. The van der Waals surface area contributed by atoms with Crippen LogP contribution >= 0.6 is 0 Å². The van der Waals surface area contributed by atoms with E-state index in [2.05, 4.69) is 16.6 Å². The van der Waals surface area contributed by atoms with Gasteiger partial charge in [-0.1, -0.05) is 253 Å². The highest BCUT2D eigenvalue weighted by atomic mass is 16.6. The van der Waals surface area contributed by atoms with Gasteiger partial charge in [-0.3, -0.25) is 9.59 Å². The predicted molar refractivity (Wildman–Crippen MR) is 418 cm³/mol. The van der Waals surface area contributed by atoms with Crippen LogP contribution in [-0.4, -0.2) is 49.2 Å². The summed E-state index contributed by atoms with van der Waals surface area (Å²) in [5, 5.41) is 18.9. The van der Waals surface area contributed by atoms with E-state index in [0.717, 1.165) is 58.2 Å². The minimum atomic E-state index is -0.522. The van der Waals surface area contributed by atoms with Crippen molar-refractivity contribution in [3.63, 3.8) is 0 Å². The second kappa shape index (κ2) is 35.1. The molecular formula is C94H72N4O11. The highest BCUT2D eigenvalue weighted by Crippen LogP contribution is 2.50. The molecule has 0 amide bonds. The number of hydrogen-bond donors (Lipinski definition) is 0. The molecule has 0 radical (unpaired) electrons. The van der Waals surface area contributed by atoms with Gasteiger partial charge in [0.15, 0.2) is 23.1 Å². The lowest BCUT2D eigenvalue weighted by molar-refractivity contribution is 0.0470. The molecule has 0 fully saturated rings. The van der Waals surface area contributed by atoms with E-state index in [-0.39, 0.29) is 35.5 Å². The van der Waals surface area contributed by atoms with E-state index in [4.69, 9.17) is 36.8 Å². The molecule has 0 saturated carbocycles. The molecule has 109 heavy (non-hydrogen) atoms. The van der Waals surface area contributed by atoms with Gasteiger partial charge in [-0.05, 0) is 123 Å². The molecule has 0 heterocycles. The quantitative estimate of drug-likeness (QED) is 0.0243. The minimum absolute atomic E-state index is 0.0148. The highest BCUT2D eigenvalue weighted by Gasteiger charge is 2.35. The lowest BCUT2D eigenvalue weighted by Gasteiger charge is -2.11. The summed E-state index contributed by atoms with van der Waals surface area (Å²) >= 11 is 0. The monoisotopic (exact) mass is 1430 g/mol. The van der Waals surface area contributed by atoms with E-state index in [1.165, 1.54) is 51.2 Å². The van der Waals surface area contributed by atoms with Gasteiger partial charge in [0.05, 0.1) is 61.3 Å². The van der Waals surface area contributed by atoms with Crippen LogP contribution < -0.4 is 14.2 Å². The van der Waals surface area contributed by atoms with Gasteiger partial charge in [-0.15, -0.1) is 0 Å². The zero-order chi connectivity index (χ0) is 76.3. The third-order valence-corrected chi connectivity index (χ3v) is 19.1. The molecule has 4 aliphatic carbocycles. The number of nitrogens with zero attached hydrogens (tertiary/aromatic N) is 4. The summed E-state index contributed by atoms with van der Waals surface area (Å²) in [5.41, 5.74) is 16.4. The predicted octanol–water partition coefficient (Wildman–Crippen LogP) is 21.2. The van der Waals surface area contributed by atoms with Crippen molar-refractivity contribution in [2.75, 3.05) is 13.7 Å². The van der Waals surface area contributed by atoms with Crippen LogP contribution in [0.25, 0.3) is 65.3 Å². The van der Waals surface area contributed by atoms with Crippen LogP contribution in [0.4, 0.5) is 0 Å². The first kappa shape index (κ1) is 74.6. The topological polar surface area (TPSA) is 205 Å². The van der Waals surface area contributed by atoms with E-state index >= 15 is 0 Å². The maximum Gasteiger partial charge on any atom is 0.344 e. The minimum Gasteiger partial charge on any atom is -0.493 e. The number of esters is 4. The van der Waals surface area contributed by atoms with Crippen molar-refractivity contribution in [2.45, 2.75) is 78.2 Å². The average molecular weight is 1430 g/mol. The summed E-state index contributed by atoms with van der Waals surface area (Å²) in [6.45, 7) is 19.7. The zero-order valence-corrected chi connectivity index (χ0v) is 60.2. The Bertz CT molecular complexity index is 5590. The number of benzene rings is 11. The van der Waals surface area contributed by atoms with Crippen LogP contribution in [0.2, 0.25) is 0 Å². The Hall–Kier alpha value is -14.1. The number of carbonyl (C=O) groups is 6. The van der Waals surface area contributed by atoms with Gasteiger partial charge in [-0.2, -0.15) is 0 Å². The normalized spacial score (nSPS) is 12.4. The van der Waals surface area contributed by atoms with Crippen LogP contribution in [0.5, 0.6) is 17.2 Å². The standard InChI is InChI=1S/C31H28N2O2.C24H14N2O2.C21H14O4.C18H16O3/c1-3-4-5-6-7-8-12-22-17-19-23(20-18-22)35-31(34)27-16-11-15-26-29(27)24-13-9-10-14-25(24)30(26)28(21-32)33-2;1-26-21(14-25)23-18-11-6-5-10-17(18)22-19(23)12-7-13-20(22)24(27)28-15-16-8-3-2-4-9-16;1-24-17-11-4-5-12-18(17)25-21(23)16-10-6-9-15-19(16)13-7-2-3-8-14(13)20(15)22;1-2-3-11-21-18(20)15-10-6-9-14-16(15)12-7-4-5-8-13(12)17(14)19/h9-11,13-20H,3-8,12H2,1H3;2-13H,15H2;2-12H,1H3;4-10H,2-3,11H2,1H3/b30-28+;23-21+;;. The van der Waals surface area contributed by atoms with Crippen molar-refractivity contribution in [1.82, 2.24) is 0 Å². The van der Waals surface area contributed by atoms with Gasteiger partial charge in [0.1, 0.15) is 12.4 Å². The lowest BCUT2D eigenvalue weighted by Crippen LogP contribution is -2.11. The van der Waals surface area contributed by atoms with Gasteiger partial charge in [0, 0.05) is 55.7 Å². The second-order valence-electron chi connectivity index (χ2n) is 25.8. The maximum atomic E-state index is 13.2. The number of ether oxygens (including phenoxy) is 5. The highest BCUT2D eigenvalue weighted by molar-refractivity contribution is 6.25. The molecule has 11 aromatic carbocycles. The Morgan fingerprint density at radius 3 is 1.20 bits per heavy atom. The molecule has 0 aromatic heterocycles. The average Bonchev–Trinajstić information content (AvgIpc) is 1.61. The van der Waals surface area contributed by atoms with E-state index in [1.54, 1.807) is 97.1 Å². The van der Waals surface area contributed by atoms with Crippen molar-refractivity contribution in [3.05, 3.63) is 361 Å². The first-order valence-corrected chi connectivity index (χ1v) is 35.9. The number of nitriles is 2.